The molecule has 1 fully saturated rings. The van der Waals surface area contributed by atoms with Gasteiger partial charge < -0.3 is 10.1 Å². The van der Waals surface area contributed by atoms with Crippen LogP contribution in [-0.4, -0.2) is 26.4 Å². The van der Waals surface area contributed by atoms with Crippen LogP contribution in [0, 0.1) is 0 Å². The van der Waals surface area contributed by atoms with Gasteiger partial charge in [0.1, 0.15) is 11.6 Å². The lowest BCUT2D eigenvalue weighted by molar-refractivity contribution is -0.122. The molecule has 0 spiro atoms. The van der Waals surface area contributed by atoms with Crippen molar-refractivity contribution in [3.05, 3.63) is 72.3 Å². The smallest absolute Gasteiger partial charge is 0.236 e. The Hall–Kier alpha value is -3.19. The van der Waals surface area contributed by atoms with E-state index in [4.69, 9.17) is 4.74 Å². The maximum absolute atomic E-state index is 13.6. The normalized spacial score (nSPS) is 15.3. The fourth-order valence-electron chi connectivity index (χ4n) is 4.37. The minimum absolute atomic E-state index is 0.0503. The van der Waals surface area contributed by atoms with Crippen molar-refractivity contribution < 1.29 is 17.9 Å². The number of amides is 1. The Bertz CT molecular complexity index is 1160. The van der Waals surface area contributed by atoms with Gasteiger partial charge in [0.15, 0.2) is 10.7 Å². The molecule has 1 amide bonds. The van der Waals surface area contributed by atoms with Crippen LogP contribution in [0.3, 0.4) is 0 Å². The van der Waals surface area contributed by atoms with E-state index < -0.39 is 16.1 Å². The average molecular weight is 451 g/mol. The molecule has 1 heterocycles. The molecule has 2 aromatic carbocycles. The molecule has 1 aromatic heterocycles. The number of aromatic nitrogens is 1. The van der Waals surface area contributed by atoms with Crippen molar-refractivity contribution in [1.82, 2.24) is 4.98 Å². The van der Waals surface area contributed by atoms with Crippen molar-refractivity contribution >= 4 is 22.4 Å². The molecule has 6 nitrogen and oxygen atoms in total. The van der Waals surface area contributed by atoms with Gasteiger partial charge in [-0.1, -0.05) is 49.6 Å². The van der Waals surface area contributed by atoms with Crippen LogP contribution in [0.5, 0.6) is 5.75 Å². The molecule has 1 saturated carbocycles. The highest BCUT2D eigenvalue weighted by Gasteiger charge is 2.41. The third kappa shape index (κ3) is 4.53. The number of hydrogen-bond donors (Lipinski definition) is 2. The molecule has 0 unspecified atom stereocenters. The number of carbonyl (C=O) groups is 1. The second-order valence-electron chi connectivity index (χ2n) is 8.04. The molecule has 0 aliphatic heterocycles. The van der Waals surface area contributed by atoms with Crippen molar-refractivity contribution in [3.63, 3.8) is 0 Å². The quantitative estimate of drug-likeness (QED) is 0.538. The molecule has 166 valence electrons. The molecule has 32 heavy (non-hydrogen) atoms. The number of benzene rings is 2. The third-order valence-electron chi connectivity index (χ3n) is 6.15. The van der Waals surface area contributed by atoms with Crippen LogP contribution in [0.1, 0.15) is 37.7 Å². The summed E-state index contributed by atoms with van der Waals surface area (Å²) in [5.41, 5.74) is 1.85. The summed E-state index contributed by atoms with van der Waals surface area (Å²) in [6.45, 7) is 0. The lowest BCUT2D eigenvalue weighted by Gasteiger charge is -2.36. The van der Waals surface area contributed by atoms with Gasteiger partial charge in [-0.15, -0.1) is 0 Å². The largest absolute Gasteiger partial charge is 0.497 e. The van der Waals surface area contributed by atoms with Crippen molar-refractivity contribution in [2.45, 2.75) is 42.4 Å². The van der Waals surface area contributed by atoms with E-state index >= 15 is 0 Å². The lowest BCUT2D eigenvalue weighted by atomic mass is 9.68. The van der Waals surface area contributed by atoms with E-state index in [1.807, 2.05) is 36.4 Å². The molecule has 0 atom stereocenters. The fraction of sp³-hybridized carbons (Fsp3) is 0.280. The SMILES string of the molecule is COc1ccc(C2(C(=O)Nc3cccc(-c4ccc([SH](=O)=O)cc4)n3)CCCCC2)cc1. The standard InChI is InChI=1S/C25H26N2O4S/c1-31-20-12-10-19(11-13-20)25(16-3-2-4-17-25)24(28)27-23-7-5-6-22(26-23)18-8-14-21(15-9-18)32(29)30/h5-15,32H,2-4,16-17H2,1H3,(H,26,27,28). The van der Waals surface area contributed by atoms with Gasteiger partial charge >= 0.3 is 0 Å². The van der Waals surface area contributed by atoms with Gasteiger partial charge in [-0.2, -0.15) is 0 Å². The fourth-order valence-corrected chi connectivity index (χ4v) is 4.76. The zero-order valence-electron chi connectivity index (χ0n) is 17.9. The Morgan fingerprint density at radius 3 is 2.25 bits per heavy atom. The van der Waals surface area contributed by atoms with Gasteiger partial charge in [0.05, 0.1) is 23.1 Å². The van der Waals surface area contributed by atoms with E-state index in [0.717, 1.165) is 49.0 Å². The molecule has 1 aliphatic rings. The minimum Gasteiger partial charge on any atom is -0.497 e. The molecular weight excluding hydrogens is 424 g/mol. The number of carbonyl (C=O) groups excluding carboxylic acids is 1. The lowest BCUT2D eigenvalue weighted by Crippen LogP contribution is -2.42. The molecule has 4 rings (SSSR count). The summed E-state index contributed by atoms with van der Waals surface area (Å²) >= 11 is 0. The number of anilines is 1. The second-order valence-corrected chi connectivity index (χ2v) is 9.07. The first kappa shape index (κ1) is 22.0. The number of thiol groups is 1. The highest BCUT2D eigenvalue weighted by molar-refractivity contribution is 7.72. The predicted octanol–water partition coefficient (Wildman–Crippen LogP) is 4.57. The number of ether oxygens (including phenoxy) is 1. The Morgan fingerprint density at radius 1 is 0.938 bits per heavy atom. The summed E-state index contributed by atoms with van der Waals surface area (Å²) in [6, 6.07) is 19.7. The van der Waals surface area contributed by atoms with E-state index in [1.54, 1.807) is 37.4 Å². The zero-order chi connectivity index (χ0) is 22.6. The number of methoxy groups -OCH3 is 1. The summed E-state index contributed by atoms with van der Waals surface area (Å²) < 4.78 is 27.5. The first-order chi connectivity index (χ1) is 15.5. The zero-order valence-corrected chi connectivity index (χ0v) is 18.8. The maximum atomic E-state index is 13.6. The second kappa shape index (κ2) is 9.53. The predicted molar refractivity (Wildman–Crippen MR) is 125 cm³/mol. The molecule has 0 saturated heterocycles. The van der Waals surface area contributed by atoms with Gasteiger partial charge in [0, 0.05) is 5.56 Å². The number of nitrogens with zero attached hydrogens (tertiary/aromatic N) is 1. The molecule has 0 radical (unpaired) electrons. The summed E-state index contributed by atoms with van der Waals surface area (Å²) in [4.78, 5) is 18.4. The van der Waals surface area contributed by atoms with Crippen molar-refractivity contribution in [2.75, 3.05) is 12.4 Å². The maximum Gasteiger partial charge on any atom is 0.236 e. The topological polar surface area (TPSA) is 85.4 Å². The Kier molecular flexibility index (Phi) is 6.55. The Morgan fingerprint density at radius 2 is 1.62 bits per heavy atom. The first-order valence-electron chi connectivity index (χ1n) is 10.7. The van der Waals surface area contributed by atoms with E-state index in [2.05, 4.69) is 10.3 Å². The van der Waals surface area contributed by atoms with Crippen LogP contribution in [0.15, 0.2) is 71.6 Å². The number of pyridine rings is 1. The highest BCUT2D eigenvalue weighted by Crippen LogP contribution is 2.41. The monoisotopic (exact) mass is 450 g/mol. The van der Waals surface area contributed by atoms with Crippen molar-refractivity contribution in [1.29, 1.82) is 0 Å². The van der Waals surface area contributed by atoms with Crippen LogP contribution < -0.4 is 10.1 Å². The number of nitrogens with one attached hydrogen (secondary N) is 1. The average Bonchev–Trinajstić information content (AvgIpc) is 2.84. The number of rotatable bonds is 6. The molecule has 3 aromatic rings. The summed E-state index contributed by atoms with van der Waals surface area (Å²) in [5, 5.41) is 3.04. The Labute approximate surface area is 189 Å². The molecule has 7 heteroatoms. The van der Waals surface area contributed by atoms with E-state index in [1.165, 1.54) is 0 Å². The van der Waals surface area contributed by atoms with E-state index in [0.29, 0.717) is 11.5 Å². The summed E-state index contributed by atoms with van der Waals surface area (Å²) in [5.74, 6) is 1.19. The summed E-state index contributed by atoms with van der Waals surface area (Å²) in [6.07, 6.45) is 4.71. The van der Waals surface area contributed by atoms with Gasteiger partial charge in [-0.25, -0.2) is 13.4 Å². The number of hydrogen-bond acceptors (Lipinski definition) is 5. The van der Waals surface area contributed by atoms with Gasteiger partial charge in [-0.3, -0.25) is 4.79 Å². The van der Waals surface area contributed by atoms with Crippen LogP contribution in [-0.2, 0) is 20.9 Å². The van der Waals surface area contributed by atoms with Crippen molar-refractivity contribution in [2.24, 2.45) is 0 Å². The minimum atomic E-state index is -2.62. The van der Waals surface area contributed by atoms with E-state index in [-0.39, 0.29) is 10.8 Å². The molecular formula is C25H26N2O4S. The van der Waals surface area contributed by atoms with Crippen LogP contribution in [0.4, 0.5) is 5.82 Å². The van der Waals surface area contributed by atoms with Gasteiger partial charge in [-0.05, 0) is 54.8 Å². The molecule has 0 bridgehead atoms. The molecule has 1 aliphatic carbocycles. The van der Waals surface area contributed by atoms with Crippen LogP contribution >= 0.6 is 0 Å². The third-order valence-corrected chi connectivity index (χ3v) is 6.87. The van der Waals surface area contributed by atoms with Crippen LogP contribution in [0.2, 0.25) is 0 Å². The van der Waals surface area contributed by atoms with Gasteiger partial charge in [0.2, 0.25) is 5.91 Å². The first-order valence-corrected chi connectivity index (χ1v) is 11.9. The Balaban J connectivity index is 1.60. The summed E-state index contributed by atoms with van der Waals surface area (Å²) in [7, 11) is -0.989. The van der Waals surface area contributed by atoms with Gasteiger partial charge in [0.25, 0.3) is 0 Å². The van der Waals surface area contributed by atoms with Crippen molar-refractivity contribution in [3.8, 4) is 17.0 Å². The highest BCUT2D eigenvalue weighted by atomic mass is 32.2. The molecule has 1 N–H and O–H groups in total. The van der Waals surface area contributed by atoms with E-state index in [9.17, 15) is 13.2 Å². The van der Waals surface area contributed by atoms with Crippen LogP contribution in [0.25, 0.3) is 11.3 Å².